The maximum Gasteiger partial charge on any atom is 0.340 e. The van der Waals surface area contributed by atoms with E-state index in [2.05, 4.69) is 5.32 Å². The molecule has 0 saturated carbocycles. The van der Waals surface area contributed by atoms with Gasteiger partial charge in [0, 0.05) is 0 Å². The van der Waals surface area contributed by atoms with Crippen LogP contribution in [0, 0.1) is 0 Å². The van der Waals surface area contributed by atoms with Crippen LogP contribution in [0.4, 0.5) is 5.69 Å². The number of esters is 2. The van der Waals surface area contributed by atoms with Crippen molar-refractivity contribution in [2.75, 3.05) is 18.5 Å². The molecule has 7 nitrogen and oxygen atoms in total. The lowest BCUT2D eigenvalue weighted by Crippen LogP contribution is -2.25. The first kappa shape index (κ1) is 16.0. The van der Waals surface area contributed by atoms with Gasteiger partial charge in [-0.25, -0.2) is 9.59 Å². The van der Waals surface area contributed by atoms with Crippen LogP contribution in [0.25, 0.3) is 0 Å². The summed E-state index contributed by atoms with van der Waals surface area (Å²) >= 11 is 0. The van der Waals surface area contributed by atoms with Crippen molar-refractivity contribution < 1.29 is 28.6 Å². The number of hydrogen-bond acceptors (Lipinski definition) is 6. The van der Waals surface area contributed by atoms with Crippen LogP contribution in [0.5, 0.6) is 0 Å². The number of para-hydroxylation sites is 1. The van der Waals surface area contributed by atoms with Gasteiger partial charge in [0.15, 0.2) is 12.2 Å². The van der Waals surface area contributed by atoms with Gasteiger partial charge in [-0.1, -0.05) is 12.1 Å². The summed E-state index contributed by atoms with van der Waals surface area (Å²) in [5, 5.41) is 2.57. The second-order valence-electron chi connectivity index (χ2n) is 4.48. The lowest BCUT2D eigenvalue weighted by molar-refractivity contribution is -0.144. The first-order valence-corrected chi connectivity index (χ1v) is 6.97. The van der Waals surface area contributed by atoms with Crippen LogP contribution in [0.15, 0.2) is 24.3 Å². The quantitative estimate of drug-likeness (QED) is 0.625. The minimum Gasteiger partial charge on any atom is -0.464 e. The molecule has 2 atom stereocenters. The normalized spacial score (nSPS) is 19.2. The highest BCUT2D eigenvalue weighted by atomic mass is 16.6. The van der Waals surface area contributed by atoms with E-state index in [0.717, 1.165) is 0 Å². The zero-order valence-corrected chi connectivity index (χ0v) is 12.3. The van der Waals surface area contributed by atoms with Gasteiger partial charge in [-0.2, -0.15) is 0 Å². The van der Waals surface area contributed by atoms with E-state index in [9.17, 15) is 14.4 Å². The first-order chi connectivity index (χ1) is 10.6. The van der Waals surface area contributed by atoms with Gasteiger partial charge >= 0.3 is 11.9 Å². The molecule has 0 aromatic heterocycles. The van der Waals surface area contributed by atoms with E-state index in [-0.39, 0.29) is 18.8 Å². The van der Waals surface area contributed by atoms with Crippen molar-refractivity contribution in [3.05, 3.63) is 29.8 Å². The average molecular weight is 307 g/mol. The van der Waals surface area contributed by atoms with Gasteiger partial charge in [0.1, 0.15) is 0 Å². The standard InChI is InChI=1S/C15H17NO6/c1-3-20-14(18)9-7-5-6-8-10(9)16-13(17)11-12(22-11)15(19)21-4-2/h5-8,11-12H,3-4H2,1-2H3,(H,16,17). The van der Waals surface area contributed by atoms with Gasteiger partial charge in [0.2, 0.25) is 0 Å². The van der Waals surface area contributed by atoms with Gasteiger partial charge in [0.25, 0.3) is 5.91 Å². The molecule has 0 radical (unpaired) electrons. The molecule has 1 amide bonds. The monoisotopic (exact) mass is 307 g/mol. The smallest absolute Gasteiger partial charge is 0.340 e. The number of carbonyl (C=O) groups excluding carboxylic acids is 3. The number of carbonyl (C=O) groups is 3. The minimum atomic E-state index is -0.894. The predicted molar refractivity (Wildman–Crippen MR) is 76.3 cm³/mol. The third-order valence-electron chi connectivity index (χ3n) is 2.95. The minimum absolute atomic E-state index is 0.221. The van der Waals surface area contributed by atoms with Gasteiger partial charge < -0.3 is 19.5 Å². The number of epoxide rings is 1. The molecular formula is C15H17NO6. The number of nitrogens with one attached hydrogen (secondary N) is 1. The number of hydrogen-bond donors (Lipinski definition) is 1. The molecule has 1 saturated heterocycles. The highest BCUT2D eigenvalue weighted by molar-refractivity contribution is 6.05. The Kier molecular flexibility index (Phi) is 5.11. The molecule has 2 unspecified atom stereocenters. The summed E-state index contributed by atoms with van der Waals surface area (Å²) in [5.41, 5.74) is 0.551. The maximum atomic E-state index is 12.0. The zero-order valence-electron chi connectivity index (χ0n) is 12.3. The molecular weight excluding hydrogens is 290 g/mol. The van der Waals surface area contributed by atoms with E-state index in [1.165, 1.54) is 0 Å². The van der Waals surface area contributed by atoms with Crippen LogP contribution < -0.4 is 5.32 Å². The number of benzene rings is 1. The van der Waals surface area contributed by atoms with Gasteiger partial charge in [0.05, 0.1) is 24.5 Å². The van der Waals surface area contributed by atoms with Crippen LogP contribution in [0.1, 0.15) is 24.2 Å². The number of ether oxygens (including phenoxy) is 3. The summed E-state index contributed by atoms with van der Waals surface area (Å²) in [4.78, 5) is 35.3. The highest BCUT2D eigenvalue weighted by Crippen LogP contribution is 2.26. The molecule has 118 valence electrons. The van der Waals surface area contributed by atoms with Crippen molar-refractivity contribution in [2.45, 2.75) is 26.1 Å². The van der Waals surface area contributed by atoms with Crippen molar-refractivity contribution in [3.8, 4) is 0 Å². The van der Waals surface area contributed by atoms with Crippen molar-refractivity contribution in [3.63, 3.8) is 0 Å². The molecule has 1 aliphatic heterocycles. The highest BCUT2D eigenvalue weighted by Gasteiger charge is 2.51. The predicted octanol–water partition coefficient (Wildman–Crippen LogP) is 1.13. The van der Waals surface area contributed by atoms with Crippen molar-refractivity contribution >= 4 is 23.5 Å². The Morgan fingerprint density at radius 3 is 2.45 bits per heavy atom. The van der Waals surface area contributed by atoms with Crippen molar-refractivity contribution in [1.29, 1.82) is 0 Å². The molecule has 1 aromatic carbocycles. The third kappa shape index (κ3) is 3.62. The average Bonchev–Trinajstić information content (AvgIpc) is 3.29. The molecule has 0 aliphatic carbocycles. The van der Waals surface area contributed by atoms with Crippen LogP contribution >= 0.6 is 0 Å². The van der Waals surface area contributed by atoms with E-state index < -0.39 is 30.1 Å². The van der Waals surface area contributed by atoms with Gasteiger partial charge in [-0.15, -0.1) is 0 Å². The Balaban J connectivity index is 2.01. The Hall–Kier alpha value is -2.41. The Morgan fingerprint density at radius 2 is 1.77 bits per heavy atom. The lowest BCUT2D eigenvalue weighted by atomic mass is 10.1. The summed E-state index contributed by atoms with van der Waals surface area (Å²) < 4.78 is 14.7. The van der Waals surface area contributed by atoms with E-state index in [1.54, 1.807) is 38.1 Å². The Labute approximate surface area is 127 Å². The lowest BCUT2D eigenvalue weighted by Gasteiger charge is -2.09. The van der Waals surface area contributed by atoms with E-state index >= 15 is 0 Å². The summed E-state index contributed by atoms with van der Waals surface area (Å²) in [6, 6.07) is 6.46. The third-order valence-corrected chi connectivity index (χ3v) is 2.95. The van der Waals surface area contributed by atoms with Crippen molar-refractivity contribution in [1.82, 2.24) is 0 Å². The number of amides is 1. The fraction of sp³-hybridized carbons (Fsp3) is 0.400. The molecule has 1 aromatic rings. The fourth-order valence-corrected chi connectivity index (χ4v) is 1.90. The molecule has 2 rings (SSSR count). The number of anilines is 1. The zero-order chi connectivity index (χ0) is 16.1. The van der Waals surface area contributed by atoms with E-state index in [4.69, 9.17) is 14.2 Å². The molecule has 1 fully saturated rings. The maximum absolute atomic E-state index is 12.0. The largest absolute Gasteiger partial charge is 0.464 e. The molecule has 1 heterocycles. The van der Waals surface area contributed by atoms with E-state index in [1.807, 2.05) is 0 Å². The second-order valence-corrected chi connectivity index (χ2v) is 4.48. The summed E-state index contributed by atoms with van der Waals surface area (Å²) in [5.74, 6) is -1.60. The van der Waals surface area contributed by atoms with Crippen LogP contribution in [0.3, 0.4) is 0 Å². The molecule has 1 N–H and O–H groups in total. The molecule has 1 aliphatic rings. The molecule has 0 spiro atoms. The molecule has 22 heavy (non-hydrogen) atoms. The molecule has 7 heteroatoms. The fourth-order valence-electron chi connectivity index (χ4n) is 1.90. The van der Waals surface area contributed by atoms with E-state index in [0.29, 0.717) is 5.69 Å². The van der Waals surface area contributed by atoms with Crippen LogP contribution in [-0.2, 0) is 23.8 Å². The topological polar surface area (TPSA) is 94.2 Å². The van der Waals surface area contributed by atoms with Crippen molar-refractivity contribution in [2.24, 2.45) is 0 Å². The van der Waals surface area contributed by atoms with Crippen LogP contribution in [-0.4, -0.2) is 43.3 Å². The van der Waals surface area contributed by atoms with Gasteiger partial charge in [-0.3, -0.25) is 4.79 Å². The second kappa shape index (κ2) is 7.04. The summed E-state index contributed by atoms with van der Waals surface area (Å²) in [6.45, 7) is 3.82. The summed E-state index contributed by atoms with van der Waals surface area (Å²) in [6.07, 6.45) is -1.77. The number of rotatable bonds is 6. The Bertz CT molecular complexity index is 585. The summed E-state index contributed by atoms with van der Waals surface area (Å²) in [7, 11) is 0. The SMILES string of the molecule is CCOC(=O)c1ccccc1NC(=O)C1OC1C(=O)OCC. The Morgan fingerprint density at radius 1 is 1.09 bits per heavy atom. The van der Waals surface area contributed by atoms with Crippen LogP contribution in [0.2, 0.25) is 0 Å². The molecule has 0 bridgehead atoms. The van der Waals surface area contributed by atoms with Gasteiger partial charge in [-0.05, 0) is 26.0 Å². The first-order valence-electron chi connectivity index (χ1n) is 6.97.